The molecule has 102 valence electrons. The summed E-state index contributed by atoms with van der Waals surface area (Å²) in [5.74, 6) is -1.28. The van der Waals surface area contributed by atoms with Crippen LogP contribution in [0.3, 0.4) is 0 Å². The van der Waals surface area contributed by atoms with Gasteiger partial charge in [-0.3, -0.25) is 4.68 Å². The average Bonchev–Trinajstić information content (AvgIpc) is 2.83. The zero-order valence-electron chi connectivity index (χ0n) is 10.7. The Morgan fingerprint density at radius 1 is 1.26 bits per heavy atom. The summed E-state index contributed by atoms with van der Waals surface area (Å²) in [4.78, 5) is 0. The molecule has 0 spiro atoms. The number of aryl methyl sites for hydroxylation is 1. The fourth-order valence-electron chi connectivity index (χ4n) is 2.05. The molecule has 1 aromatic carbocycles. The zero-order chi connectivity index (χ0) is 13.8. The maximum Gasteiger partial charge on any atom is 0.129 e. The lowest BCUT2D eigenvalue weighted by atomic mass is 10.0. The summed E-state index contributed by atoms with van der Waals surface area (Å²) in [7, 11) is 0. The third kappa shape index (κ3) is 2.98. The van der Waals surface area contributed by atoms with Crippen LogP contribution < -0.4 is 0 Å². The summed E-state index contributed by atoms with van der Waals surface area (Å²) in [6.07, 6.45) is 1.37. The normalized spacial score (nSPS) is 12.6. The molecule has 0 aliphatic rings. The van der Waals surface area contributed by atoms with Crippen molar-refractivity contribution in [2.75, 3.05) is 0 Å². The largest absolute Gasteiger partial charge is 0.386 e. The minimum atomic E-state index is -0.972. The third-order valence-electron chi connectivity index (χ3n) is 2.99. The van der Waals surface area contributed by atoms with Crippen molar-refractivity contribution in [1.82, 2.24) is 9.78 Å². The van der Waals surface area contributed by atoms with Crippen LogP contribution in [0.15, 0.2) is 30.5 Å². The average molecular weight is 266 g/mol. The summed E-state index contributed by atoms with van der Waals surface area (Å²) in [5.41, 5.74) is 0.476. The minimum absolute atomic E-state index is 0.0979. The molecular weight excluding hydrogens is 250 g/mol. The lowest BCUT2D eigenvalue weighted by Gasteiger charge is -2.14. The Bertz CT molecular complexity index is 534. The van der Waals surface area contributed by atoms with Gasteiger partial charge in [-0.15, -0.1) is 0 Å². The maximum absolute atomic E-state index is 13.5. The van der Waals surface area contributed by atoms with E-state index in [1.165, 1.54) is 18.2 Å². The van der Waals surface area contributed by atoms with E-state index in [4.69, 9.17) is 0 Å². The first-order valence-corrected chi connectivity index (χ1v) is 6.26. The number of aliphatic hydroxyl groups excluding tert-OH is 1. The summed E-state index contributed by atoms with van der Waals surface area (Å²) in [6, 6.07) is 5.35. The van der Waals surface area contributed by atoms with Crippen molar-refractivity contribution in [3.63, 3.8) is 0 Å². The fourth-order valence-corrected chi connectivity index (χ4v) is 2.05. The van der Waals surface area contributed by atoms with Gasteiger partial charge in [-0.05, 0) is 24.6 Å². The Morgan fingerprint density at radius 2 is 1.95 bits per heavy atom. The SMILES string of the molecule is CCCn1nccc1C(O)Cc1c(F)cccc1F. The molecule has 1 N–H and O–H groups in total. The lowest BCUT2D eigenvalue weighted by Crippen LogP contribution is -2.12. The van der Waals surface area contributed by atoms with Crippen LogP contribution in [0.2, 0.25) is 0 Å². The molecule has 1 heterocycles. The molecular formula is C14H16F2N2O. The first-order valence-electron chi connectivity index (χ1n) is 6.26. The fraction of sp³-hybridized carbons (Fsp3) is 0.357. The van der Waals surface area contributed by atoms with Crippen LogP contribution >= 0.6 is 0 Å². The van der Waals surface area contributed by atoms with Gasteiger partial charge in [0.25, 0.3) is 0 Å². The van der Waals surface area contributed by atoms with Gasteiger partial charge >= 0.3 is 0 Å². The topological polar surface area (TPSA) is 38.0 Å². The lowest BCUT2D eigenvalue weighted by molar-refractivity contribution is 0.164. The molecule has 0 amide bonds. The highest BCUT2D eigenvalue weighted by Gasteiger charge is 2.18. The summed E-state index contributed by atoms with van der Waals surface area (Å²) in [6.45, 7) is 2.66. The van der Waals surface area contributed by atoms with Crippen molar-refractivity contribution in [2.45, 2.75) is 32.4 Å². The van der Waals surface area contributed by atoms with Crippen molar-refractivity contribution >= 4 is 0 Å². The molecule has 2 rings (SSSR count). The molecule has 0 bridgehead atoms. The van der Waals surface area contributed by atoms with Gasteiger partial charge in [0.15, 0.2) is 0 Å². The minimum Gasteiger partial charge on any atom is -0.386 e. The smallest absolute Gasteiger partial charge is 0.129 e. The number of hydrogen-bond acceptors (Lipinski definition) is 2. The van der Waals surface area contributed by atoms with Crippen LogP contribution in [0, 0.1) is 11.6 Å². The highest BCUT2D eigenvalue weighted by atomic mass is 19.1. The van der Waals surface area contributed by atoms with Crippen LogP contribution in [0.25, 0.3) is 0 Å². The Morgan fingerprint density at radius 3 is 2.58 bits per heavy atom. The van der Waals surface area contributed by atoms with E-state index in [-0.39, 0.29) is 12.0 Å². The van der Waals surface area contributed by atoms with Crippen LogP contribution in [0.1, 0.15) is 30.7 Å². The number of aliphatic hydroxyl groups is 1. The molecule has 0 fully saturated rings. The van der Waals surface area contributed by atoms with E-state index in [1.54, 1.807) is 16.9 Å². The second kappa shape index (κ2) is 5.93. The zero-order valence-corrected chi connectivity index (χ0v) is 10.7. The first kappa shape index (κ1) is 13.7. The van der Waals surface area contributed by atoms with Crippen molar-refractivity contribution in [2.24, 2.45) is 0 Å². The molecule has 19 heavy (non-hydrogen) atoms. The number of aromatic nitrogens is 2. The van der Waals surface area contributed by atoms with Crippen molar-refractivity contribution in [3.8, 4) is 0 Å². The second-order valence-electron chi connectivity index (χ2n) is 4.40. The van der Waals surface area contributed by atoms with Gasteiger partial charge in [-0.25, -0.2) is 8.78 Å². The number of hydrogen-bond donors (Lipinski definition) is 1. The molecule has 0 aliphatic heterocycles. The van der Waals surface area contributed by atoms with Crippen molar-refractivity contribution in [1.29, 1.82) is 0 Å². The molecule has 0 saturated carbocycles. The van der Waals surface area contributed by atoms with Crippen LogP contribution in [-0.4, -0.2) is 14.9 Å². The molecule has 0 saturated heterocycles. The number of halogens is 2. The predicted octanol–water partition coefficient (Wildman–Crippen LogP) is 2.85. The van der Waals surface area contributed by atoms with Gasteiger partial charge in [0.05, 0.1) is 11.8 Å². The van der Waals surface area contributed by atoms with E-state index in [9.17, 15) is 13.9 Å². The van der Waals surface area contributed by atoms with E-state index in [2.05, 4.69) is 5.10 Å². The maximum atomic E-state index is 13.5. The van der Waals surface area contributed by atoms with Gasteiger partial charge < -0.3 is 5.11 Å². The number of nitrogens with zero attached hydrogens (tertiary/aromatic N) is 2. The van der Waals surface area contributed by atoms with Crippen LogP contribution in [-0.2, 0) is 13.0 Å². The van der Waals surface area contributed by atoms with Crippen molar-refractivity contribution < 1.29 is 13.9 Å². The van der Waals surface area contributed by atoms with Crippen molar-refractivity contribution in [3.05, 3.63) is 53.4 Å². The second-order valence-corrected chi connectivity index (χ2v) is 4.40. The number of rotatable bonds is 5. The molecule has 1 aromatic heterocycles. The highest BCUT2D eigenvalue weighted by molar-refractivity contribution is 5.22. The molecule has 0 radical (unpaired) electrons. The molecule has 5 heteroatoms. The standard InChI is InChI=1S/C14H16F2N2O/c1-2-8-18-13(6-7-17-18)14(19)9-10-11(15)4-3-5-12(10)16/h3-7,14,19H,2,8-9H2,1H3. The molecule has 1 atom stereocenters. The molecule has 2 aromatic rings. The Hall–Kier alpha value is -1.75. The van der Waals surface area contributed by atoms with Gasteiger partial charge in [-0.2, -0.15) is 5.10 Å². The van der Waals surface area contributed by atoms with E-state index in [0.717, 1.165) is 6.42 Å². The first-order chi connectivity index (χ1) is 9.13. The highest BCUT2D eigenvalue weighted by Crippen LogP contribution is 2.22. The van der Waals surface area contributed by atoms with E-state index >= 15 is 0 Å². The van der Waals surface area contributed by atoms with Gasteiger partial charge in [0, 0.05) is 24.7 Å². The Labute approximate surface area is 110 Å². The van der Waals surface area contributed by atoms with Crippen LogP contribution in [0.4, 0.5) is 8.78 Å². The predicted molar refractivity (Wildman–Crippen MR) is 67.5 cm³/mol. The van der Waals surface area contributed by atoms with E-state index in [1.807, 2.05) is 6.92 Å². The summed E-state index contributed by atoms with van der Waals surface area (Å²) in [5, 5.41) is 14.2. The van der Waals surface area contributed by atoms with E-state index in [0.29, 0.717) is 12.2 Å². The van der Waals surface area contributed by atoms with Gasteiger partial charge in [-0.1, -0.05) is 13.0 Å². The van der Waals surface area contributed by atoms with E-state index < -0.39 is 17.7 Å². The summed E-state index contributed by atoms with van der Waals surface area (Å²) < 4.78 is 28.7. The van der Waals surface area contributed by atoms with Crippen LogP contribution in [0.5, 0.6) is 0 Å². The number of benzene rings is 1. The quantitative estimate of drug-likeness (QED) is 0.903. The molecule has 0 aliphatic carbocycles. The van der Waals surface area contributed by atoms with Gasteiger partial charge in [0.1, 0.15) is 11.6 Å². The summed E-state index contributed by atoms with van der Waals surface area (Å²) >= 11 is 0. The third-order valence-corrected chi connectivity index (χ3v) is 2.99. The monoisotopic (exact) mass is 266 g/mol. The molecule has 1 unspecified atom stereocenters. The van der Waals surface area contributed by atoms with Gasteiger partial charge in [0.2, 0.25) is 0 Å². The Balaban J connectivity index is 2.21. The Kier molecular flexibility index (Phi) is 4.27. The molecule has 3 nitrogen and oxygen atoms in total.